The van der Waals surface area contributed by atoms with Gasteiger partial charge in [0, 0.05) is 23.7 Å². The zero-order valence-electron chi connectivity index (χ0n) is 15.1. The summed E-state index contributed by atoms with van der Waals surface area (Å²) in [5, 5.41) is 5.25. The lowest BCUT2D eigenvalue weighted by atomic mass is 9.94. The van der Waals surface area contributed by atoms with E-state index in [0.29, 0.717) is 23.1 Å². The van der Waals surface area contributed by atoms with Crippen LogP contribution in [0.25, 0.3) is 11.3 Å². The fourth-order valence-electron chi connectivity index (χ4n) is 3.15. The number of H-pyrrole nitrogens is 1. The van der Waals surface area contributed by atoms with Crippen LogP contribution in [0.2, 0.25) is 0 Å². The Kier molecular flexibility index (Phi) is 5.20. The van der Waals surface area contributed by atoms with Gasteiger partial charge < -0.3 is 15.0 Å². The molecule has 4 rings (SSSR count). The molecule has 1 aliphatic rings. The Balaban J connectivity index is 1.45. The highest BCUT2D eigenvalue weighted by molar-refractivity contribution is 7.14. The van der Waals surface area contributed by atoms with Crippen LogP contribution in [0, 0.1) is 5.92 Å². The third kappa shape index (κ3) is 3.68. The molecule has 9 heteroatoms. The lowest BCUT2D eigenvalue weighted by Gasteiger charge is -2.17. The molecule has 2 aromatic heterocycles. The van der Waals surface area contributed by atoms with Crippen molar-refractivity contribution in [2.24, 2.45) is 5.92 Å². The molecule has 0 aliphatic carbocycles. The highest BCUT2D eigenvalue weighted by Crippen LogP contribution is 2.29. The molecule has 0 saturated carbocycles. The van der Waals surface area contributed by atoms with Crippen LogP contribution in [0.15, 0.2) is 48.0 Å². The van der Waals surface area contributed by atoms with Crippen LogP contribution in [0.4, 0.5) is 5.13 Å². The number of thiazole rings is 1. The number of methoxy groups -OCH3 is 1. The third-order valence-electron chi connectivity index (χ3n) is 4.60. The molecule has 1 aliphatic heterocycles. The van der Waals surface area contributed by atoms with Gasteiger partial charge in [0.1, 0.15) is 5.69 Å². The van der Waals surface area contributed by atoms with Crippen molar-refractivity contribution < 1.29 is 14.3 Å². The molecule has 1 aromatic carbocycles. The minimum atomic E-state index is -0.441. The predicted octanol–water partition coefficient (Wildman–Crippen LogP) is 2.33. The van der Waals surface area contributed by atoms with E-state index in [-0.39, 0.29) is 17.9 Å². The predicted molar refractivity (Wildman–Crippen MR) is 106 cm³/mol. The molecule has 1 saturated heterocycles. The molecule has 3 heterocycles. The summed E-state index contributed by atoms with van der Waals surface area (Å²) in [6.07, 6.45) is 1.68. The van der Waals surface area contributed by atoms with E-state index in [1.54, 1.807) is 12.3 Å². The quantitative estimate of drug-likeness (QED) is 0.492. The highest BCUT2D eigenvalue weighted by atomic mass is 32.1. The normalized spacial score (nSPS) is 18.8. The Morgan fingerprint density at radius 3 is 2.89 bits per heavy atom. The van der Waals surface area contributed by atoms with Crippen molar-refractivity contribution in [1.29, 1.82) is 0 Å². The van der Waals surface area contributed by atoms with E-state index in [9.17, 15) is 9.59 Å². The first-order valence-corrected chi connectivity index (χ1v) is 9.60. The summed E-state index contributed by atoms with van der Waals surface area (Å²) in [5.41, 5.74) is 9.06. The molecule has 3 aromatic rings. The Morgan fingerprint density at radius 2 is 2.11 bits per heavy atom. The van der Waals surface area contributed by atoms with E-state index in [1.165, 1.54) is 18.4 Å². The number of amides is 1. The topological polar surface area (TPSA) is 108 Å². The average Bonchev–Trinajstić information content (AvgIpc) is 3.47. The maximum Gasteiger partial charge on any atom is 0.354 e. The molecular weight excluding hydrogens is 378 g/mol. The molecule has 0 bridgehead atoms. The van der Waals surface area contributed by atoms with Crippen molar-refractivity contribution >= 4 is 28.3 Å². The first kappa shape index (κ1) is 18.4. The van der Waals surface area contributed by atoms with Gasteiger partial charge in [-0.2, -0.15) is 0 Å². The van der Waals surface area contributed by atoms with E-state index in [4.69, 9.17) is 0 Å². The average molecular weight is 397 g/mol. The molecule has 8 nitrogen and oxygen atoms in total. The van der Waals surface area contributed by atoms with E-state index >= 15 is 0 Å². The fourth-order valence-corrected chi connectivity index (χ4v) is 3.87. The largest absolute Gasteiger partial charge is 0.464 e. The maximum atomic E-state index is 12.8. The molecule has 2 unspecified atom stereocenters. The summed E-state index contributed by atoms with van der Waals surface area (Å²) < 4.78 is 4.69. The summed E-state index contributed by atoms with van der Waals surface area (Å²) in [4.78, 5) is 31.7. The maximum absolute atomic E-state index is 12.8. The first-order chi connectivity index (χ1) is 13.7. The van der Waals surface area contributed by atoms with Crippen LogP contribution in [-0.2, 0) is 9.53 Å². The number of benzene rings is 1. The van der Waals surface area contributed by atoms with E-state index in [2.05, 4.69) is 30.9 Å². The smallest absolute Gasteiger partial charge is 0.354 e. The second kappa shape index (κ2) is 7.93. The minimum Gasteiger partial charge on any atom is -0.464 e. The second-order valence-electron chi connectivity index (χ2n) is 6.34. The standard InChI is InChI=1S/C19H19N5O3S/c1-27-18(26)14-7-12(8-20-14)15-10-28-19(22-15)23-17(25)13-9-21-24-16(13)11-5-3-2-4-6-11/h2-8,10,13,16,20-21,24H,9H2,1H3,(H,22,23,25). The minimum absolute atomic E-state index is 0.100. The zero-order chi connectivity index (χ0) is 19.5. The van der Waals surface area contributed by atoms with Crippen LogP contribution in [0.1, 0.15) is 22.1 Å². The number of nitrogens with zero attached hydrogens (tertiary/aromatic N) is 1. The summed E-state index contributed by atoms with van der Waals surface area (Å²) in [7, 11) is 1.33. The Labute approximate surface area is 165 Å². The van der Waals surface area contributed by atoms with Gasteiger partial charge in [0.05, 0.1) is 24.8 Å². The van der Waals surface area contributed by atoms with Gasteiger partial charge in [-0.3, -0.25) is 10.2 Å². The molecule has 28 heavy (non-hydrogen) atoms. The summed E-state index contributed by atoms with van der Waals surface area (Å²) >= 11 is 1.34. The fraction of sp³-hybridized carbons (Fsp3) is 0.211. The molecular formula is C19H19N5O3S. The van der Waals surface area contributed by atoms with Gasteiger partial charge in [0.2, 0.25) is 5.91 Å². The van der Waals surface area contributed by atoms with Crippen LogP contribution in [0.3, 0.4) is 0 Å². The van der Waals surface area contributed by atoms with Gasteiger partial charge in [-0.15, -0.1) is 11.3 Å². The molecule has 4 N–H and O–H groups in total. The lowest BCUT2D eigenvalue weighted by molar-refractivity contribution is -0.119. The van der Waals surface area contributed by atoms with E-state index in [0.717, 1.165) is 11.1 Å². The number of esters is 1. The highest BCUT2D eigenvalue weighted by Gasteiger charge is 2.34. The van der Waals surface area contributed by atoms with Crippen molar-refractivity contribution in [3.05, 3.63) is 59.2 Å². The van der Waals surface area contributed by atoms with E-state index in [1.807, 2.05) is 35.7 Å². The van der Waals surface area contributed by atoms with Crippen LogP contribution in [-0.4, -0.2) is 35.5 Å². The number of carbonyl (C=O) groups excluding carboxylic acids is 2. The Bertz CT molecular complexity index is 984. The van der Waals surface area contributed by atoms with Crippen LogP contribution in [0.5, 0.6) is 0 Å². The van der Waals surface area contributed by atoms with Crippen LogP contribution >= 0.6 is 11.3 Å². The number of hydrogen-bond donors (Lipinski definition) is 4. The van der Waals surface area contributed by atoms with Gasteiger partial charge >= 0.3 is 5.97 Å². The number of nitrogens with one attached hydrogen (secondary N) is 4. The monoisotopic (exact) mass is 397 g/mol. The van der Waals surface area contributed by atoms with Gasteiger partial charge in [-0.1, -0.05) is 30.3 Å². The van der Waals surface area contributed by atoms with Gasteiger partial charge in [-0.05, 0) is 11.6 Å². The van der Waals surface area contributed by atoms with Crippen molar-refractivity contribution in [3.63, 3.8) is 0 Å². The van der Waals surface area contributed by atoms with Gasteiger partial charge in [0.25, 0.3) is 0 Å². The molecule has 0 spiro atoms. The summed E-state index contributed by atoms with van der Waals surface area (Å²) in [6, 6.07) is 11.4. The van der Waals surface area contributed by atoms with Crippen molar-refractivity contribution in [2.45, 2.75) is 6.04 Å². The zero-order valence-corrected chi connectivity index (χ0v) is 15.9. The van der Waals surface area contributed by atoms with Crippen LogP contribution < -0.4 is 16.2 Å². The number of anilines is 1. The molecule has 1 fully saturated rings. The number of hydrogen-bond acceptors (Lipinski definition) is 7. The molecule has 0 radical (unpaired) electrons. The number of carbonyl (C=O) groups is 2. The number of aromatic amines is 1. The lowest BCUT2D eigenvalue weighted by Crippen LogP contribution is -2.29. The number of rotatable bonds is 5. The SMILES string of the molecule is COC(=O)c1cc(-c2csc(NC(=O)C3CNNC3c3ccccc3)n2)c[nH]1. The van der Waals surface area contributed by atoms with Crippen molar-refractivity contribution in [1.82, 2.24) is 20.8 Å². The first-order valence-electron chi connectivity index (χ1n) is 8.72. The van der Waals surface area contributed by atoms with Crippen molar-refractivity contribution in [3.8, 4) is 11.3 Å². The summed E-state index contributed by atoms with van der Waals surface area (Å²) in [5.74, 6) is -0.798. The number of aromatic nitrogens is 2. The van der Waals surface area contributed by atoms with E-state index < -0.39 is 5.97 Å². The van der Waals surface area contributed by atoms with Crippen molar-refractivity contribution in [2.75, 3.05) is 19.0 Å². The summed E-state index contributed by atoms with van der Waals surface area (Å²) in [6.45, 7) is 0.532. The van der Waals surface area contributed by atoms with Gasteiger partial charge in [-0.25, -0.2) is 15.2 Å². The molecule has 1 amide bonds. The molecule has 144 valence electrons. The number of ether oxygens (including phenoxy) is 1. The van der Waals surface area contributed by atoms with Gasteiger partial charge in [0.15, 0.2) is 5.13 Å². The third-order valence-corrected chi connectivity index (χ3v) is 5.35. The second-order valence-corrected chi connectivity index (χ2v) is 7.20. The Hall–Kier alpha value is -3.01. The number of hydrazine groups is 1. The molecule has 2 atom stereocenters. The Morgan fingerprint density at radius 1 is 1.29 bits per heavy atom.